The Bertz CT molecular complexity index is 871. The summed E-state index contributed by atoms with van der Waals surface area (Å²) in [6.07, 6.45) is 2.41. The molecule has 4 rings (SSSR count). The summed E-state index contributed by atoms with van der Waals surface area (Å²) >= 11 is 0. The van der Waals surface area contributed by atoms with Crippen LogP contribution in [0.25, 0.3) is 11.5 Å². The van der Waals surface area contributed by atoms with E-state index in [0.717, 1.165) is 24.8 Å². The first-order valence-electron chi connectivity index (χ1n) is 10.3. The van der Waals surface area contributed by atoms with Gasteiger partial charge in [-0.05, 0) is 38.3 Å². The Labute approximate surface area is 170 Å². The minimum Gasteiger partial charge on any atom is -0.444 e. The van der Waals surface area contributed by atoms with Crippen LogP contribution in [0, 0.1) is 6.92 Å². The zero-order chi connectivity index (χ0) is 20.4. The van der Waals surface area contributed by atoms with Crippen molar-refractivity contribution < 1.29 is 18.7 Å². The van der Waals surface area contributed by atoms with E-state index in [9.17, 15) is 9.59 Å². The molecule has 1 unspecified atom stereocenters. The van der Waals surface area contributed by atoms with Crippen molar-refractivity contribution >= 4 is 12.0 Å². The Morgan fingerprint density at radius 1 is 1.21 bits per heavy atom. The monoisotopic (exact) mass is 397 g/mol. The molecule has 1 aromatic heterocycles. The van der Waals surface area contributed by atoms with Crippen LogP contribution in [0.3, 0.4) is 0 Å². The molecule has 3 heterocycles. The van der Waals surface area contributed by atoms with Crippen molar-refractivity contribution in [3.8, 4) is 11.5 Å². The highest BCUT2D eigenvalue weighted by Gasteiger charge is 2.37. The molecule has 0 saturated carbocycles. The summed E-state index contributed by atoms with van der Waals surface area (Å²) < 4.78 is 11.1. The van der Waals surface area contributed by atoms with Gasteiger partial charge in [0.2, 0.25) is 11.8 Å². The van der Waals surface area contributed by atoms with Crippen LogP contribution in [0.4, 0.5) is 4.79 Å². The van der Waals surface area contributed by atoms with E-state index in [1.54, 1.807) is 0 Å². The third-order valence-corrected chi connectivity index (χ3v) is 5.85. The number of hydrogen-bond donors (Lipinski definition) is 0. The summed E-state index contributed by atoms with van der Waals surface area (Å²) in [5.41, 5.74) is 1.59. The first kappa shape index (κ1) is 19.5. The number of likely N-dealkylation sites (tertiary alicyclic amines) is 1. The number of ether oxygens (including phenoxy) is 1. The molecule has 0 aliphatic carbocycles. The standard InChI is InChI=1S/C22H27N3O4/c1-3-18-14-25(22(27)29-18)17-9-11-24(12-10-17)20(26)13-19-15(2)28-21(23-19)16-7-5-4-6-8-16/h4-8,17-18H,3,9-14H2,1-2H3. The lowest BCUT2D eigenvalue weighted by Crippen LogP contribution is -2.47. The number of carbonyl (C=O) groups is 2. The molecule has 29 heavy (non-hydrogen) atoms. The average Bonchev–Trinajstić information content (AvgIpc) is 3.31. The number of hydrogen-bond acceptors (Lipinski definition) is 5. The van der Waals surface area contributed by atoms with Gasteiger partial charge in [0.15, 0.2) is 0 Å². The van der Waals surface area contributed by atoms with Gasteiger partial charge in [-0.2, -0.15) is 0 Å². The Balaban J connectivity index is 1.34. The topological polar surface area (TPSA) is 75.9 Å². The molecule has 2 saturated heterocycles. The minimum atomic E-state index is -0.215. The average molecular weight is 397 g/mol. The van der Waals surface area contributed by atoms with E-state index >= 15 is 0 Å². The van der Waals surface area contributed by atoms with Crippen molar-refractivity contribution in [2.45, 2.75) is 51.7 Å². The predicted octanol–water partition coefficient (Wildman–Crippen LogP) is 3.41. The van der Waals surface area contributed by atoms with E-state index in [2.05, 4.69) is 4.98 Å². The molecule has 0 spiro atoms. The van der Waals surface area contributed by atoms with Crippen molar-refractivity contribution in [2.75, 3.05) is 19.6 Å². The third kappa shape index (κ3) is 4.13. The number of amides is 2. The van der Waals surface area contributed by atoms with Crippen LogP contribution in [-0.4, -0.2) is 58.6 Å². The maximum atomic E-state index is 12.8. The molecule has 0 bridgehead atoms. The van der Waals surface area contributed by atoms with E-state index < -0.39 is 0 Å². The van der Waals surface area contributed by atoms with Crippen molar-refractivity contribution in [1.29, 1.82) is 0 Å². The van der Waals surface area contributed by atoms with Gasteiger partial charge < -0.3 is 19.0 Å². The SMILES string of the molecule is CCC1CN(C2CCN(C(=O)Cc3nc(-c4ccccc4)oc3C)CC2)C(=O)O1. The van der Waals surface area contributed by atoms with Crippen molar-refractivity contribution in [2.24, 2.45) is 0 Å². The number of cyclic esters (lactones) is 1. The summed E-state index contributed by atoms with van der Waals surface area (Å²) in [5.74, 6) is 1.27. The van der Waals surface area contributed by atoms with Gasteiger partial charge in [0.25, 0.3) is 0 Å². The number of rotatable bonds is 5. The molecule has 0 N–H and O–H groups in total. The maximum absolute atomic E-state index is 12.8. The van der Waals surface area contributed by atoms with E-state index in [0.29, 0.717) is 37.0 Å². The number of piperidine rings is 1. The third-order valence-electron chi connectivity index (χ3n) is 5.85. The molecule has 2 amide bonds. The molecule has 0 radical (unpaired) electrons. The molecular formula is C22H27N3O4. The fourth-order valence-electron chi connectivity index (χ4n) is 4.03. The van der Waals surface area contributed by atoms with Crippen LogP contribution in [0.5, 0.6) is 0 Å². The zero-order valence-electron chi connectivity index (χ0n) is 17.0. The summed E-state index contributed by atoms with van der Waals surface area (Å²) in [6.45, 7) is 5.82. The van der Waals surface area contributed by atoms with Crippen molar-refractivity contribution in [1.82, 2.24) is 14.8 Å². The predicted molar refractivity (Wildman–Crippen MR) is 107 cm³/mol. The molecular weight excluding hydrogens is 370 g/mol. The normalized spacial score (nSPS) is 20.2. The molecule has 7 heteroatoms. The minimum absolute atomic E-state index is 0.00360. The van der Waals surface area contributed by atoms with E-state index in [4.69, 9.17) is 9.15 Å². The largest absolute Gasteiger partial charge is 0.444 e. The van der Waals surface area contributed by atoms with Gasteiger partial charge >= 0.3 is 6.09 Å². The fourth-order valence-corrected chi connectivity index (χ4v) is 4.03. The van der Waals surface area contributed by atoms with Crippen LogP contribution in [0.15, 0.2) is 34.7 Å². The highest BCUT2D eigenvalue weighted by molar-refractivity contribution is 5.79. The second kappa shape index (κ2) is 8.27. The second-order valence-electron chi connectivity index (χ2n) is 7.74. The fraction of sp³-hybridized carbons (Fsp3) is 0.500. The zero-order valence-corrected chi connectivity index (χ0v) is 17.0. The molecule has 2 aliphatic rings. The summed E-state index contributed by atoms with van der Waals surface area (Å²) in [4.78, 5) is 33.1. The van der Waals surface area contributed by atoms with E-state index in [1.807, 2.05) is 54.0 Å². The first-order valence-corrected chi connectivity index (χ1v) is 10.3. The van der Waals surface area contributed by atoms with Gasteiger partial charge in [-0.3, -0.25) is 4.79 Å². The molecule has 2 aromatic rings. The van der Waals surface area contributed by atoms with Crippen LogP contribution in [-0.2, 0) is 16.0 Å². The highest BCUT2D eigenvalue weighted by Crippen LogP contribution is 2.25. The van der Waals surface area contributed by atoms with Crippen LogP contribution >= 0.6 is 0 Å². The second-order valence-corrected chi connectivity index (χ2v) is 7.74. The Morgan fingerprint density at radius 3 is 2.59 bits per heavy atom. The number of carbonyl (C=O) groups excluding carboxylic acids is 2. The quantitative estimate of drug-likeness (QED) is 0.773. The van der Waals surface area contributed by atoms with E-state index in [1.165, 1.54) is 0 Å². The summed E-state index contributed by atoms with van der Waals surface area (Å²) in [5, 5.41) is 0. The number of aromatic nitrogens is 1. The number of oxazole rings is 1. The molecule has 1 aromatic carbocycles. The van der Waals surface area contributed by atoms with Gasteiger partial charge in [0, 0.05) is 24.7 Å². The van der Waals surface area contributed by atoms with Gasteiger partial charge in [-0.25, -0.2) is 9.78 Å². The summed E-state index contributed by atoms with van der Waals surface area (Å²) in [6, 6.07) is 9.84. The lowest BCUT2D eigenvalue weighted by molar-refractivity contribution is -0.131. The molecule has 7 nitrogen and oxygen atoms in total. The molecule has 1 atom stereocenters. The first-order chi connectivity index (χ1) is 14.0. The Kier molecular flexibility index (Phi) is 5.56. The maximum Gasteiger partial charge on any atom is 0.410 e. The smallest absolute Gasteiger partial charge is 0.410 e. The van der Waals surface area contributed by atoms with Crippen molar-refractivity contribution in [3.05, 3.63) is 41.8 Å². The van der Waals surface area contributed by atoms with E-state index in [-0.39, 0.29) is 30.6 Å². The van der Waals surface area contributed by atoms with Crippen LogP contribution in [0.1, 0.15) is 37.6 Å². The lowest BCUT2D eigenvalue weighted by atomic mass is 10.0. The summed E-state index contributed by atoms with van der Waals surface area (Å²) in [7, 11) is 0. The van der Waals surface area contributed by atoms with Gasteiger partial charge in [-0.1, -0.05) is 25.1 Å². The van der Waals surface area contributed by atoms with Crippen molar-refractivity contribution in [3.63, 3.8) is 0 Å². The Morgan fingerprint density at radius 2 is 1.93 bits per heavy atom. The lowest BCUT2D eigenvalue weighted by Gasteiger charge is -2.35. The van der Waals surface area contributed by atoms with Crippen LogP contribution < -0.4 is 0 Å². The van der Waals surface area contributed by atoms with Gasteiger partial charge in [0.1, 0.15) is 11.9 Å². The van der Waals surface area contributed by atoms with Gasteiger partial charge in [-0.15, -0.1) is 0 Å². The highest BCUT2D eigenvalue weighted by atomic mass is 16.6. The number of nitrogens with zero attached hydrogens (tertiary/aromatic N) is 3. The molecule has 154 valence electrons. The van der Waals surface area contributed by atoms with Gasteiger partial charge in [0.05, 0.1) is 18.7 Å². The van der Waals surface area contributed by atoms with Crippen LogP contribution in [0.2, 0.25) is 0 Å². The number of benzene rings is 1. The molecule has 2 fully saturated rings. The Hall–Kier alpha value is -2.83. The molecule has 2 aliphatic heterocycles. The number of aryl methyl sites for hydroxylation is 1.